The third-order valence-corrected chi connectivity index (χ3v) is 12.1. The van der Waals surface area contributed by atoms with Crippen molar-refractivity contribution >= 4 is 87.5 Å². The second-order valence-electron chi connectivity index (χ2n) is 15.2. The van der Waals surface area contributed by atoms with Crippen LogP contribution in [0.25, 0.3) is 121 Å². The van der Waals surface area contributed by atoms with Crippen LogP contribution in [0.2, 0.25) is 0 Å². The molecule has 0 saturated heterocycles. The molecule has 0 spiro atoms. The van der Waals surface area contributed by atoms with E-state index in [1.807, 2.05) is 24.3 Å². The lowest BCUT2D eigenvalue weighted by molar-refractivity contribution is 0.668. The second-order valence-corrected chi connectivity index (χ2v) is 15.2. The van der Waals surface area contributed by atoms with Crippen LogP contribution in [0.1, 0.15) is 0 Å². The zero-order chi connectivity index (χ0) is 37.9. The molecule has 9 aromatic carbocycles. The van der Waals surface area contributed by atoms with Crippen molar-refractivity contribution in [2.75, 3.05) is 0 Å². The van der Waals surface area contributed by atoms with E-state index in [1.54, 1.807) is 0 Å². The number of hydrogen-bond donors (Lipinski definition) is 0. The highest BCUT2D eigenvalue weighted by Gasteiger charge is 2.23. The largest absolute Gasteiger partial charge is 0.456 e. The smallest absolute Gasteiger partial charge is 0.135 e. The van der Waals surface area contributed by atoms with Gasteiger partial charge in [-0.3, -0.25) is 0 Å². The van der Waals surface area contributed by atoms with Gasteiger partial charge in [-0.2, -0.15) is 0 Å². The van der Waals surface area contributed by atoms with Gasteiger partial charge in [0.05, 0.1) is 22.1 Å². The fourth-order valence-electron chi connectivity index (χ4n) is 9.58. The van der Waals surface area contributed by atoms with E-state index in [2.05, 4.69) is 179 Å². The van der Waals surface area contributed by atoms with Gasteiger partial charge in [0.2, 0.25) is 0 Å². The Hall–Kier alpha value is -7.82. The van der Waals surface area contributed by atoms with E-state index < -0.39 is 0 Å². The fraction of sp³-hybridized carbons (Fsp3) is 0. The summed E-state index contributed by atoms with van der Waals surface area (Å²) in [6, 6.07) is 69.8. The SMILES string of the molecule is c1ccc(-n2c3ccccc3c3cc(-c4ccc5oc6ccccc6c5c4)c(-c4cccc5c6ccccc6n(-c6ccc7oc8ccccc8c7c6)c45)cc32)cc1. The van der Waals surface area contributed by atoms with Crippen LogP contribution >= 0.6 is 0 Å². The van der Waals surface area contributed by atoms with Crippen molar-refractivity contribution in [1.82, 2.24) is 9.13 Å². The monoisotopic (exact) mass is 740 g/mol. The Morgan fingerprint density at radius 3 is 1.59 bits per heavy atom. The Balaban J connectivity index is 1.18. The summed E-state index contributed by atoms with van der Waals surface area (Å²) in [5.41, 5.74) is 15.0. The number of fused-ring (bicyclic) bond motifs is 12. The first kappa shape index (κ1) is 31.4. The fourth-order valence-corrected chi connectivity index (χ4v) is 9.58. The maximum absolute atomic E-state index is 6.33. The number of nitrogens with zero attached hydrogens (tertiary/aromatic N) is 2. The summed E-state index contributed by atoms with van der Waals surface area (Å²) < 4.78 is 17.5. The van der Waals surface area contributed by atoms with E-state index in [1.165, 1.54) is 27.1 Å². The summed E-state index contributed by atoms with van der Waals surface area (Å²) in [5.74, 6) is 0. The minimum absolute atomic E-state index is 0.884. The number of aromatic nitrogens is 2. The highest BCUT2D eigenvalue weighted by atomic mass is 16.3. The average molecular weight is 741 g/mol. The second kappa shape index (κ2) is 11.8. The molecule has 0 unspecified atom stereocenters. The van der Waals surface area contributed by atoms with Crippen molar-refractivity contribution in [3.8, 4) is 33.6 Å². The summed E-state index contributed by atoms with van der Waals surface area (Å²) in [5, 5.41) is 9.29. The molecule has 0 N–H and O–H groups in total. The zero-order valence-corrected chi connectivity index (χ0v) is 31.2. The minimum atomic E-state index is 0.884. The zero-order valence-electron chi connectivity index (χ0n) is 31.2. The molecule has 58 heavy (non-hydrogen) atoms. The first-order chi connectivity index (χ1) is 28.8. The molecule has 13 rings (SSSR count). The highest BCUT2D eigenvalue weighted by molar-refractivity contribution is 6.18. The molecule has 270 valence electrons. The molecule has 0 fully saturated rings. The molecule has 0 aliphatic heterocycles. The maximum Gasteiger partial charge on any atom is 0.135 e. The van der Waals surface area contributed by atoms with E-state index in [9.17, 15) is 0 Å². The van der Waals surface area contributed by atoms with Gasteiger partial charge in [-0.1, -0.05) is 115 Å². The van der Waals surface area contributed by atoms with E-state index in [4.69, 9.17) is 8.83 Å². The van der Waals surface area contributed by atoms with Crippen molar-refractivity contribution in [3.63, 3.8) is 0 Å². The van der Waals surface area contributed by atoms with Gasteiger partial charge in [-0.05, 0) is 95.6 Å². The number of benzene rings is 9. The average Bonchev–Trinajstić information content (AvgIpc) is 4.03. The number of furan rings is 2. The summed E-state index contributed by atoms with van der Waals surface area (Å²) in [4.78, 5) is 0. The van der Waals surface area contributed by atoms with Crippen molar-refractivity contribution in [2.24, 2.45) is 0 Å². The molecule has 4 heterocycles. The molecule has 0 saturated carbocycles. The molecule has 0 aliphatic carbocycles. The number of para-hydroxylation sites is 6. The van der Waals surface area contributed by atoms with Crippen molar-refractivity contribution < 1.29 is 8.83 Å². The van der Waals surface area contributed by atoms with Crippen LogP contribution < -0.4 is 0 Å². The molecule has 0 aliphatic rings. The Morgan fingerprint density at radius 1 is 0.276 bits per heavy atom. The van der Waals surface area contributed by atoms with Gasteiger partial charge in [0.1, 0.15) is 22.3 Å². The molecule has 13 aromatic rings. The summed E-state index contributed by atoms with van der Waals surface area (Å²) in [7, 11) is 0. The molecule has 0 bridgehead atoms. The third kappa shape index (κ3) is 4.40. The molecule has 0 amide bonds. The molecule has 4 nitrogen and oxygen atoms in total. The Labute approximate surface area is 332 Å². The molecular weight excluding hydrogens is 709 g/mol. The molecule has 0 radical (unpaired) electrons. The lowest BCUT2D eigenvalue weighted by Crippen LogP contribution is -1.97. The third-order valence-electron chi connectivity index (χ3n) is 12.1. The Morgan fingerprint density at radius 2 is 0.845 bits per heavy atom. The molecule has 0 atom stereocenters. The van der Waals surface area contributed by atoms with Gasteiger partial charge in [-0.25, -0.2) is 0 Å². The van der Waals surface area contributed by atoms with Crippen LogP contribution in [0.3, 0.4) is 0 Å². The van der Waals surface area contributed by atoms with Crippen molar-refractivity contribution in [3.05, 3.63) is 194 Å². The summed E-state index contributed by atoms with van der Waals surface area (Å²) in [6.45, 7) is 0. The number of hydrogen-bond acceptors (Lipinski definition) is 2. The van der Waals surface area contributed by atoms with Crippen LogP contribution in [-0.4, -0.2) is 9.13 Å². The van der Waals surface area contributed by atoms with Crippen LogP contribution in [0.15, 0.2) is 203 Å². The van der Waals surface area contributed by atoms with Crippen LogP contribution in [0.4, 0.5) is 0 Å². The number of rotatable bonds is 4. The van der Waals surface area contributed by atoms with Gasteiger partial charge >= 0.3 is 0 Å². The first-order valence-corrected chi connectivity index (χ1v) is 19.8. The van der Waals surface area contributed by atoms with Crippen LogP contribution in [0.5, 0.6) is 0 Å². The predicted molar refractivity (Wildman–Crippen MR) is 241 cm³/mol. The maximum atomic E-state index is 6.33. The topological polar surface area (TPSA) is 36.1 Å². The van der Waals surface area contributed by atoms with Gasteiger partial charge in [0, 0.05) is 60.0 Å². The quantitative estimate of drug-likeness (QED) is 0.180. The van der Waals surface area contributed by atoms with Gasteiger partial charge < -0.3 is 18.0 Å². The molecule has 4 aromatic heterocycles. The lowest BCUT2D eigenvalue weighted by Gasteiger charge is -2.17. The Bertz CT molecular complexity index is 3800. The van der Waals surface area contributed by atoms with Crippen LogP contribution in [-0.2, 0) is 0 Å². The predicted octanol–water partition coefficient (Wildman–Crippen LogP) is 15.0. The van der Waals surface area contributed by atoms with Crippen molar-refractivity contribution in [1.29, 1.82) is 0 Å². The molecule has 4 heteroatoms. The standard InChI is InChI=1S/C54H32N2O2/c1-2-13-34(14-3-1)55-47-21-8-5-16-37(47)44-31-42(33-25-27-52-45(29-33)38-17-6-10-23-50(38)57-52)43(32-49(44)55)41-20-12-19-40-36-15-4-9-22-48(36)56(54(40)41)35-26-28-53-46(30-35)39-18-7-11-24-51(39)58-53/h1-32H. The highest BCUT2D eigenvalue weighted by Crippen LogP contribution is 2.46. The van der Waals surface area contributed by atoms with Gasteiger partial charge in [0.25, 0.3) is 0 Å². The lowest BCUT2D eigenvalue weighted by atomic mass is 9.90. The normalized spacial score (nSPS) is 12.1. The first-order valence-electron chi connectivity index (χ1n) is 19.8. The Kier molecular flexibility index (Phi) is 6.41. The van der Waals surface area contributed by atoms with Gasteiger partial charge in [-0.15, -0.1) is 0 Å². The summed E-state index contributed by atoms with van der Waals surface area (Å²) in [6.07, 6.45) is 0. The van der Waals surface area contributed by atoms with Crippen LogP contribution in [0, 0.1) is 0 Å². The van der Waals surface area contributed by atoms with E-state index in [0.717, 1.165) is 94.1 Å². The van der Waals surface area contributed by atoms with E-state index >= 15 is 0 Å². The van der Waals surface area contributed by atoms with E-state index in [0.29, 0.717) is 0 Å². The van der Waals surface area contributed by atoms with E-state index in [-0.39, 0.29) is 0 Å². The molecular formula is C54H32N2O2. The minimum Gasteiger partial charge on any atom is -0.456 e. The van der Waals surface area contributed by atoms with Crippen molar-refractivity contribution in [2.45, 2.75) is 0 Å². The summed E-state index contributed by atoms with van der Waals surface area (Å²) >= 11 is 0. The van der Waals surface area contributed by atoms with Gasteiger partial charge in [0.15, 0.2) is 0 Å².